The van der Waals surface area contributed by atoms with E-state index in [-0.39, 0.29) is 17.8 Å². The molecule has 0 bridgehead atoms. The molecule has 2 aromatic rings. The fourth-order valence-electron chi connectivity index (χ4n) is 3.93. The first-order valence-corrected chi connectivity index (χ1v) is 9.72. The normalized spacial score (nSPS) is 19.9. The van der Waals surface area contributed by atoms with Crippen LogP contribution in [0.2, 0.25) is 0 Å². The summed E-state index contributed by atoms with van der Waals surface area (Å²) in [6, 6.07) is 8.46. The van der Waals surface area contributed by atoms with Crippen molar-refractivity contribution in [1.82, 2.24) is 20.4 Å². The van der Waals surface area contributed by atoms with E-state index in [1.807, 2.05) is 0 Å². The summed E-state index contributed by atoms with van der Waals surface area (Å²) in [6.45, 7) is 7.07. The lowest BCUT2D eigenvalue weighted by atomic mass is 9.79. The minimum Gasteiger partial charge on any atom is -0.384 e. The largest absolute Gasteiger partial charge is 0.384 e. The Balaban J connectivity index is 0.00000225. The third-order valence-electron chi connectivity index (χ3n) is 5.58. The van der Waals surface area contributed by atoms with Crippen molar-refractivity contribution < 1.29 is 14.0 Å². The average Bonchev–Trinajstić information content (AvgIpc) is 3.21. The number of benzene rings is 1. The van der Waals surface area contributed by atoms with Crippen LogP contribution in [0.4, 0.5) is 0 Å². The molecule has 1 aromatic carbocycles. The molecule has 2 saturated heterocycles. The van der Waals surface area contributed by atoms with Gasteiger partial charge >= 0.3 is 0 Å². The molecule has 2 aliphatic heterocycles. The molecule has 2 fully saturated rings. The van der Waals surface area contributed by atoms with E-state index in [4.69, 9.17) is 19.0 Å². The first-order chi connectivity index (χ1) is 13.3. The summed E-state index contributed by atoms with van der Waals surface area (Å²) in [4.78, 5) is 7.14. The van der Waals surface area contributed by atoms with Crippen molar-refractivity contribution in [3.63, 3.8) is 0 Å². The molecule has 2 aliphatic rings. The van der Waals surface area contributed by atoms with Gasteiger partial charge in [-0.05, 0) is 31.5 Å². The fourth-order valence-corrected chi connectivity index (χ4v) is 3.93. The molecule has 7 nitrogen and oxygen atoms in total. The highest BCUT2D eigenvalue weighted by Crippen LogP contribution is 2.33. The minimum absolute atomic E-state index is 0. The lowest BCUT2D eigenvalue weighted by Crippen LogP contribution is -2.43. The summed E-state index contributed by atoms with van der Waals surface area (Å²) in [7, 11) is 1.73. The van der Waals surface area contributed by atoms with Crippen LogP contribution in [0.5, 0.6) is 0 Å². The molecule has 0 radical (unpaired) electrons. The molecule has 8 heteroatoms. The Morgan fingerprint density at radius 1 is 1.14 bits per heavy atom. The monoisotopic (exact) mass is 408 g/mol. The van der Waals surface area contributed by atoms with Crippen LogP contribution in [0.1, 0.15) is 24.3 Å². The molecular weight excluding hydrogens is 380 g/mol. The summed E-state index contributed by atoms with van der Waals surface area (Å²) >= 11 is 0. The Bertz CT molecular complexity index is 720. The van der Waals surface area contributed by atoms with Gasteiger partial charge in [-0.25, -0.2) is 0 Å². The molecule has 0 spiro atoms. The van der Waals surface area contributed by atoms with Crippen LogP contribution >= 0.6 is 12.4 Å². The molecule has 0 aliphatic carbocycles. The van der Waals surface area contributed by atoms with Gasteiger partial charge < -0.3 is 19.3 Å². The number of ether oxygens (including phenoxy) is 2. The Kier molecular flexibility index (Phi) is 7.42. The van der Waals surface area contributed by atoms with Crippen molar-refractivity contribution in [2.45, 2.75) is 24.8 Å². The zero-order valence-corrected chi connectivity index (χ0v) is 17.2. The molecule has 154 valence electrons. The second-order valence-corrected chi connectivity index (χ2v) is 7.47. The van der Waals surface area contributed by atoms with Crippen LogP contribution in [0, 0.1) is 0 Å². The standard InChI is InChI=1S/C20H28N4O3.ClH/c1-25-15-20(6-8-21-9-7-20)19-22-18(23-27-19)17-4-2-16(3-5-17)14-24-10-12-26-13-11-24;/h2-5,21H,6-15H2,1H3;1H. The van der Waals surface area contributed by atoms with E-state index in [2.05, 4.69) is 39.6 Å². The maximum atomic E-state index is 5.68. The van der Waals surface area contributed by atoms with Crippen LogP contribution in [0.25, 0.3) is 11.4 Å². The van der Waals surface area contributed by atoms with Gasteiger partial charge in [0.2, 0.25) is 11.7 Å². The van der Waals surface area contributed by atoms with Gasteiger partial charge in [0.05, 0.1) is 25.2 Å². The molecule has 0 saturated carbocycles. The van der Waals surface area contributed by atoms with E-state index in [0.717, 1.165) is 64.3 Å². The number of nitrogens with zero attached hydrogens (tertiary/aromatic N) is 3. The van der Waals surface area contributed by atoms with Gasteiger partial charge in [0.1, 0.15) is 0 Å². The molecule has 1 aromatic heterocycles. The van der Waals surface area contributed by atoms with E-state index in [9.17, 15) is 0 Å². The van der Waals surface area contributed by atoms with Gasteiger partial charge in [-0.15, -0.1) is 12.4 Å². The van der Waals surface area contributed by atoms with E-state index in [0.29, 0.717) is 18.3 Å². The summed E-state index contributed by atoms with van der Waals surface area (Å²) < 4.78 is 16.6. The highest BCUT2D eigenvalue weighted by atomic mass is 35.5. The van der Waals surface area contributed by atoms with Crippen molar-refractivity contribution in [3.8, 4) is 11.4 Å². The number of hydrogen-bond acceptors (Lipinski definition) is 7. The van der Waals surface area contributed by atoms with Crippen LogP contribution < -0.4 is 5.32 Å². The molecule has 0 unspecified atom stereocenters. The Labute approximate surface area is 172 Å². The maximum Gasteiger partial charge on any atom is 0.235 e. The first-order valence-electron chi connectivity index (χ1n) is 9.72. The average molecular weight is 409 g/mol. The van der Waals surface area contributed by atoms with E-state index >= 15 is 0 Å². The SMILES string of the molecule is COCC1(c2nc(-c3ccc(CN4CCOCC4)cc3)no2)CCNCC1.Cl. The number of morpholine rings is 1. The predicted molar refractivity (Wildman–Crippen MR) is 109 cm³/mol. The number of halogens is 1. The number of rotatable bonds is 6. The highest BCUT2D eigenvalue weighted by Gasteiger charge is 2.39. The lowest BCUT2D eigenvalue weighted by molar-refractivity contribution is 0.0342. The summed E-state index contributed by atoms with van der Waals surface area (Å²) in [6.07, 6.45) is 1.89. The van der Waals surface area contributed by atoms with E-state index in [1.54, 1.807) is 7.11 Å². The third kappa shape index (κ3) is 4.72. The topological polar surface area (TPSA) is 72.7 Å². The van der Waals surface area contributed by atoms with Gasteiger partial charge in [0.15, 0.2) is 0 Å². The Morgan fingerprint density at radius 3 is 2.54 bits per heavy atom. The second-order valence-electron chi connectivity index (χ2n) is 7.47. The zero-order valence-electron chi connectivity index (χ0n) is 16.4. The van der Waals surface area contributed by atoms with Gasteiger partial charge in [-0.2, -0.15) is 4.98 Å². The van der Waals surface area contributed by atoms with E-state index < -0.39 is 0 Å². The van der Waals surface area contributed by atoms with Crippen molar-refractivity contribution >= 4 is 12.4 Å². The number of methoxy groups -OCH3 is 1. The lowest BCUT2D eigenvalue weighted by Gasteiger charge is -2.33. The van der Waals surface area contributed by atoms with E-state index in [1.165, 1.54) is 5.56 Å². The number of aromatic nitrogens is 2. The van der Waals surface area contributed by atoms with Crippen molar-refractivity contribution in [2.24, 2.45) is 0 Å². The number of nitrogens with one attached hydrogen (secondary N) is 1. The van der Waals surface area contributed by atoms with Crippen molar-refractivity contribution in [3.05, 3.63) is 35.7 Å². The van der Waals surface area contributed by atoms with Crippen molar-refractivity contribution in [1.29, 1.82) is 0 Å². The molecule has 0 atom stereocenters. The van der Waals surface area contributed by atoms with Crippen LogP contribution in [0.15, 0.2) is 28.8 Å². The summed E-state index contributed by atoms with van der Waals surface area (Å²) in [5, 5.41) is 7.63. The Hall–Kier alpha value is -1.51. The summed E-state index contributed by atoms with van der Waals surface area (Å²) in [5.41, 5.74) is 2.09. The smallest absolute Gasteiger partial charge is 0.235 e. The number of hydrogen-bond donors (Lipinski definition) is 1. The molecular formula is C20H29ClN4O3. The quantitative estimate of drug-likeness (QED) is 0.785. The van der Waals surface area contributed by atoms with Crippen LogP contribution in [-0.4, -0.2) is 68.2 Å². The predicted octanol–water partition coefficient (Wildman–Crippen LogP) is 2.26. The van der Waals surface area contributed by atoms with Crippen LogP contribution in [-0.2, 0) is 21.4 Å². The molecule has 0 amide bonds. The number of piperidine rings is 1. The van der Waals surface area contributed by atoms with Crippen molar-refractivity contribution in [2.75, 3.05) is 53.1 Å². The molecule has 1 N–H and O–H groups in total. The molecule has 3 heterocycles. The van der Waals surface area contributed by atoms with Gasteiger partial charge in [-0.3, -0.25) is 4.90 Å². The van der Waals surface area contributed by atoms with Gasteiger partial charge in [0.25, 0.3) is 0 Å². The third-order valence-corrected chi connectivity index (χ3v) is 5.58. The molecule has 4 rings (SSSR count). The van der Waals surface area contributed by atoms with Crippen LogP contribution in [0.3, 0.4) is 0 Å². The first kappa shape index (κ1) is 21.2. The van der Waals surface area contributed by atoms with Gasteiger partial charge in [-0.1, -0.05) is 29.4 Å². The zero-order chi connectivity index (χ0) is 18.5. The highest BCUT2D eigenvalue weighted by molar-refractivity contribution is 5.85. The second kappa shape index (κ2) is 9.80. The minimum atomic E-state index is -0.179. The van der Waals surface area contributed by atoms with Gasteiger partial charge in [0, 0.05) is 32.3 Å². The fraction of sp³-hybridized carbons (Fsp3) is 0.600. The molecule has 28 heavy (non-hydrogen) atoms. The summed E-state index contributed by atoms with van der Waals surface area (Å²) in [5.74, 6) is 1.34. The Morgan fingerprint density at radius 2 is 1.86 bits per heavy atom. The maximum absolute atomic E-state index is 5.68.